The summed E-state index contributed by atoms with van der Waals surface area (Å²) in [7, 11) is 3.17. The van der Waals surface area contributed by atoms with Gasteiger partial charge in [0.1, 0.15) is 4.88 Å². The fourth-order valence-electron chi connectivity index (χ4n) is 3.44. The number of rotatable bonds is 8. The minimum Gasteiger partial charge on any atom is -0.493 e. The molecular weight excluding hydrogens is 390 g/mol. The zero-order valence-corrected chi connectivity index (χ0v) is 17.9. The van der Waals surface area contributed by atoms with Gasteiger partial charge in [-0.3, -0.25) is 4.79 Å². The van der Waals surface area contributed by atoms with Gasteiger partial charge in [-0.15, -0.1) is 11.3 Å². The predicted octanol–water partition coefficient (Wildman–Crippen LogP) is 3.41. The molecule has 1 N–H and O–H groups in total. The summed E-state index contributed by atoms with van der Waals surface area (Å²) >= 11 is 1.49. The van der Waals surface area contributed by atoms with Crippen molar-refractivity contribution in [2.24, 2.45) is 5.92 Å². The van der Waals surface area contributed by atoms with Crippen LogP contribution in [0.25, 0.3) is 0 Å². The molecule has 0 radical (unpaired) electrons. The van der Waals surface area contributed by atoms with Gasteiger partial charge in [-0.2, -0.15) is 0 Å². The molecule has 1 amide bonds. The first-order valence-electron chi connectivity index (χ1n) is 9.76. The fourth-order valence-corrected chi connectivity index (χ4v) is 4.54. The zero-order valence-electron chi connectivity index (χ0n) is 17.1. The van der Waals surface area contributed by atoms with Crippen molar-refractivity contribution in [3.63, 3.8) is 0 Å². The van der Waals surface area contributed by atoms with Gasteiger partial charge in [0.15, 0.2) is 18.1 Å². The third kappa shape index (κ3) is 5.50. The Morgan fingerprint density at radius 1 is 1.17 bits per heavy atom. The van der Waals surface area contributed by atoms with Gasteiger partial charge in [-0.1, -0.05) is 13.0 Å². The van der Waals surface area contributed by atoms with E-state index in [0.717, 1.165) is 24.8 Å². The number of methoxy groups -OCH3 is 2. The number of esters is 1. The van der Waals surface area contributed by atoms with E-state index in [9.17, 15) is 9.59 Å². The van der Waals surface area contributed by atoms with Crippen LogP contribution in [-0.4, -0.2) is 39.2 Å². The molecule has 1 heterocycles. The van der Waals surface area contributed by atoms with Gasteiger partial charge in [0.2, 0.25) is 0 Å². The molecule has 0 bridgehead atoms. The first-order chi connectivity index (χ1) is 14.0. The molecule has 0 aliphatic heterocycles. The molecule has 2 aromatic rings. The molecule has 0 saturated heterocycles. The maximum atomic E-state index is 12.3. The summed E-state index contributed by atoms with van der Waals surface area (Å²) in [5.41, 5.74) is 2.26. The lowest BCUT2D eigenvalue weighted by Crippen LogP contribution is -2.30. The maximum Gasteiger partial charge on any atom is 0.348 e. The van der Waals surface area contributed by atoms with Crippen LogP contribution in [0.15, 0.2) is 24.3 Å². The van der Waals surface area contributed by atoms with Crippen LogP contribution in [0.3, 0.4) is 0 Å². The Bertz CT molecular complexity index is 876. The number of amides is 1. The van der Waals surface area contributed by atoms with Crippen LogP contribution in [0, 0.1) is 5.92 Å². The normalized spacial score (nSPS) is 15.3. The van der Waals surface area contributed by atoms with Gasteiger partial charge in [-0.05, 0) is 60.9 Å². The van der Waals surface area contributed by atoms with E-state index < -0.39 is 5.97 Å². The van der Waals surface area contributed by atoms with Crippen molar-refractivity contribution in [2.45, 2.75) is 32.6 Å². The Hall–Kier alpha value is -2.54. The van der Waals surface area contributed by atoms with Crippen molar-refractivity contribution in [3.8, 4) is 11.5 Å². The van der Waals surface area contributed by atoms with Crippen molar-refractivity contribution < 1.29 is 23.8 Å². The van der Waals surface area contributed by atoms with Crippen molar-refractivity contribution in [1.29, 1.82) is 0 Å². The van der Waals surface area contributed by atoms with Crippen LogP contribution >= 0.6 is 11.3 Å². The minimum atomic E-state index is -0.424. The lowest BCUT2D eigenvalue weighted by atomic mass is 9.90. The van der Waals surface area contributed by atoms with E-state index in [1.165, 1.54) is 21.8 Å². The first-order valence-corrected chi connectivity index (χ1v) is 10.6. The van der Waals surface area contributed by atoms with Crippen molar-refractivity contribution in [2.75, 3.05) is 27.4 Å². The number of hydrogen-bond donors (Lipinski definition) is 1. The Morgan fingerprint density at radius 2 is 1.97 bits per heavy atom. The van der Waals surface area contributed by atoms with Gasteiger partial charge in [0.05, 0.1) is 14.2 Å². The summed E-state index contributed by atoms with van der Waals surface area (Å²) < 4.78 is 15.7. The summed E-state index contributed by atoms with van der Waals surface area (Å²) in [6.07, 6.45) is 3.82. The summed E-state index contributed by atoms with van der Waals surface area (Å²) in [6.45, 7) is 2.39. The van der Waals surface area contributed by atoms with E-state index >= 15 is 0 Å². The van der Waals surface area contributed by atoms with Crippen LogP contribution in [0.2, 0.25) is 0 Å². The first kappa shape index (κ1) is 21.2. The standard InChI is InChI=1S/C22H27NO5S/c1-14-4-7-19-16(10-14)12-20(29-19)22(25)28-13-21(24)23-9-8-15-5-6-17(26-2)18(11-15)27-3/h5-6,11-12,14H,4,7-10,13H2,1-3H3,(H,23,24). The van der Waals surface area contributed by atoms with Crippen molar-refractivity contribution >= 4 is 23.2 Å². The monoisotopic (exact) mass is 417 g/mol. The van der Waals surface area contributed by atoms with E-state index in [0.29, 0.717) is 35.3 Å². The molecule has 1 aromatic heterocycles. The van der Waals surface area contributed by atoms with Gasteiger partial charge < -0.3 is 19.5 Å². The van der Waals surface area contributed by atoms with Crippen molar-refractivity contribution in [3.05, 3.63) is 45.1 Å². The Labute approximate surface area is 175 Å². The number of hydrogen-bond acceptors (Lipinski definition) is 6. The molecule has 1 aromatic carbocycles. The molecule has 1 unspecified atom stereocenters. The molecule has 1 aliphatic rings. The van der Waals surface area contributed by atoms with E-state index in [1.54, 1.807) is 14.2 Å². The van der Waals surface area contributed by atoms with E-state index in [2.05, 4.69) is 12.2 Å². The Morgan fingerprint density at radius 3 is 2.72 bits per heavy atom. The maximum absolute atomic E-state index is 12.3. The lowest BCUT2D eigenvalue weighted by molar-refractivity contribution is -0.124. The quantitative estimate of drug-likeness (QED) is 0.667. The van der Waals surface area contributed by atoms with Crippen LogP contribution in [-0.2, 0) is 28.8 Å². The lowest BCUT2D eigenvalue weighted by Gasteiger charge is -2.16. The SMILES string of the molecule is COc1ccc(CCNC(=O)COC(=O)c2cc3c(s2)CCC(C)C3)cc1OC. The largest absolute Gasteiger partial charge is 0.493 e. The Balaban J connectivity index is 1.43. The third-order valence-corrected chi connectivity index (χ3v) is 6.27. The summed E-state index contributed by atoms with van der Waals surface area (Å²) in [4.78, 5) is 26.1. The average molecular weight is 418 g/mol. The smallest absolute Gasteiger partial charge is 0.348 e. The van der Waals surface area contributed by atoms with E-state index in [4.69, 9.17) is 14.2 Å². The van der Waals surface area contributed by atoms with E-state index in [-0.39, 0.29) is 12.5 Å². The predicted molar refractivity (Wildman–Crippen MR) is 112 cm³/mol. The molecule has 6 nitrogen and oxygen atoms in total. The van der Waals surface area contributed by atoms with Crippen LogP contribution in [0.4, 0.5) is 0 Å². The van der Waals surface area contributed by atoms with Gasteiger partial charge >= 0.3 is 5.97 Å². The number of aryl methyl sites for hydroxylation is 1. The molecule has 1 aliphatic carbocycles. The molecule has 3 rings (SSSR count). The fraction of sp³-hybridized carbons (Fsp3) is 0.455. The number of ether oxygens (including phenoxy) is 3. The number of nitrogens with one attached hydrogen (secondary N) is 1. The van der Waals surface area contributed by atoms with Gasteiger partial charge in [-0.25, -0.2) is 4.79 Å². The zero-order chi connectivity index (χ0) is 20.8. The third-order valence-electron chi connectivity index (χ3n) is 5.05. The highest BCUT2D eigenvalue weighted by atomic mass is 32.1. The number of carbonyl (C=O) groups is 2. The molecule has 7 heteroatoms. The second-order valence-electron chi connectivity index (χ2n) is 7.27. The average Bonchev–Trinajstić information content (AvgIpc) is 3.15. The van der Waals surface area contributed by atoms with E-state index in [1.807, 2.05) is 24.3 Å². The van der Waals surface area contributed by atoms with Gasteiger partial charge in [0.25, 0.3) is 5.91 Å². The van der Waals surface area contributed by atoms with Crippen LogP contribution in [0.1, 0.15) is 39.0 Å². The Kier molecular flexibility index (Phi) is 7.14. The second kappa shape index (κ2) is 9.78. The summed E-state index contributed by atoms with van der Waals surface area (Å²) in [6, 6.07) is 7.56. The van der Waals surface area contributed by atoms with Gasteiger partial charge in [0, 0.05) is 11.4 Å². The summed E-state index contributed by atoms with van der Waals surface area (Å²) in [5.74, 6) is 1.23. The highest BCUT2D eigenvalue weighted by molar-refractivity contribution is 7.14. The molecular formula is C22H27NO5S. The summed E-state index contributed by atoms with van der Waals surface area (Å²) in [5, 5.41) is 2.77. The second-order valence-corrected chi connectivity index (χ2v) is 8.41. The highest BCUT2D eigenvalue weighted by Crippen LogP contribution is 2.32. The van der Waals surface area contributed by atoms with Crippen molar-refractivity contribution in [1.82, 2.24) is 5.32 Å². The number of thiophene rings is 1. The molecule has 1 atom stereocenters. The molecule has 0 fully saturated rings. The highest BCUT2D eigenvalue weighted by Gasteiger charge is 2.21. The molecule has 29 heavy (non-hydrogen) atoms. The topological polar surface area (TPSA) is 73.9 Å². The number of fused-ring (bicyclic) bond motifs is 1. The molecule has 0 saturated carbocycles. The minimum absolute atomic E-state index is 0.274. The van der Waals surface area contributed by atoms with Crippen LogP contribution < -0.4 is 14.8 Å². The molecule has 156 valence electrons. The molecule has 0 spiro atoms. The number of benzene rings is 1. The number of carbonyl (C=O) groups excluding carboxylic acids is 2. The van der Waals surface area contributed by atoms with Crippen LogP contribution in [0.5, 0.6) is 11.5 Å².